The minimum Gasteiger partial charge on any atom is -0.379 e. The standard InChI is InChI=1S/C31H29N5O3/c37-29(34-17-25-15-23-16-32-14-12-26(23)35-25)19-36-28(22-7-3-1-4-8-22)18-33-27(30(36)38)11-13-31(20-39-21-31)24-9-5-2-6-10-24/h1-10,12,14-16,18,35H,11,13,17,19-21H2,(H,34,37). The minimum absolute atomic E-state index is 0.104. The molecule has 1 aliphatic rings. The SMILES string of the molecule is O=C(Cn1c(-c2ccccc2)cnc(CCC2(c3ccccc3)COC2)c1=O)NCc1cc2cnccc2[nH]1. The van der Waals surface area contributed by atoms with Crippen molar-refractivity contribution in [2.75, 3.05) is 13.2 Å². The average Bonchev–Trinajstić information content (AvgIpc) is 3.37. The average molecular weight is 520 g/mol. The second kappa shape index (κ2) is 10.7. The molecule has 0 unspecified atom stereocenters. The number of ether oxygens (including phenoxy) is 1. The molecule has 6 rings (SSSR count). The minimum atomic E-state index is -0.253. The van der Waals surface area contributed by atoms with Crippen molar-refractivity contribution in [3.05, 3.63) is 119 Å². The number of rotatable bonds is 9. The van der Waals surface area contributed by atoms with E-state index < -0.39 is 0 Å². The summed E-state index contributed by atoms with van der Waals surface area (Å²) in [4.78, 5) is 38.8. The molecule has 8 nitrogen and oxygen atoms in total. The largest absolute Gasteiger partial charge is 0.379 e. The van der Waals surface area contributed by atoms with E-state index in [1.165, 1.54) is 10.1 Å². The lowest BCUT2D eigenvalue weighted by Crippen LogP contribution is -2.47. The van der Waals surface area contributed by atoms with E-state index in [0.717, 1.165) is 28.6 Å². The van der Waals surface area contributed by atoms with Crippen LogP contribution in [-0.2, 0) is 34.5 Å². The van der Waals surface area contributed by atoms with E-state index in [4.69, 9.17) is 4.74 Å². The first-order valence-electron chi connectivity index (χ1n) is 13.1. The summed E-state index contributed by atoms with van der Waals surface area (Å²) in [6.07, 6.45) is 6.44. The van der Waals surface area contributed by atoms with Crippen LogP contribution in [-0.4, -0.2) is 38.6 Å². The molecule has 0 bridgehead atoms. The van der Waals surface area contributed by atoms with Crippen molar-refractivity contribution in [1.29, 1.82) is 0 Å². The molecule has 8 heteroatoms. The lowest BCUT2D eigenvalue weighted by Gasteiger charge is -2.42. The molecule has 1 saturated heterocycles. The lowest BCUT2D eigenvalue weighted by molar-refractivity contribution is -0.121. The number of nitrogens with zero attached hydrogens (tertiary/aromatic N) is 3. The number of nitrogens with one attached hydrogen (secondary N) is 2. The molecule has 39 heavy (non-hydrogen) atoms. The number of fused-ring (bicyclic) bond motifs is 1. The number of carbonyl (C=O) groups is 1. The molecule has 0 spiro atoms. The molecule has 4 heterocycles. The Bertz CT molecular complexity index is 1620. The molecule has 0 radical (unpaired) electrons. The smallest absolute Gasteiger partial charge is 0.273 e. The number of amides is 1. The predicted molar refractivity (Wildman–Crippen MR) is 149 cm³/mol. The van der Waals surface area contributed by atoms with Gasteiger partial charge < -0.3 is 15.0 Å². The van der Waals surface area contributed by atoms with E-state index in [1.807, 2.05) is 60.7 Å². The van der Waals surface area contributed by atoms with Gasteiger partial charge in [-0.05, 0) is 36.1 Å². The molecule has 196 valence electrons. The highest BCUT2D eigenvalue weighted by Gasteiger charge is 2.40. The van der Waals surface area contributed by atoms with Crippen LogP contribution in [0.3, 0.4) is 0 Å². The van der Waals surface area contributed by atoms with E-state index in [0.29, 0.717) is 37.6 Å². The van der Waals surface area contributed by atoms with Crippen molar-refractivity contribution in [1.82, 2.24) is 24.8 Å². The van der Waals surface area contributed by atoms with Crippen LogP contribution in [0.4, 0.5) is 0 Å². The Morgan fingerprint density at radius 2 is 1.79 bits per heavy atom. The van der Waals surface area contributed by atoms with Crippen LogP contribution in [0.1, 0.15) is 23.4 Å². The van der Waals surface area contributed by atoms with Crippen LogP contribution < -0.4 is 10.9 Å². The summed E-state index contributed by atoms with van der Waals surface area (Å²) in [5.74, 6) is -0.253. The van der Waals surface area contributed by atoms with Crippen LogP contribution in [0.25, 0.3) is 22.2 Å². The highest BCUT2D eigenvalue weighted by Crippen LogP contribution is 2.36. The molecule has 1 aliphatic heterocycles. The molecule has 5 aromatic rings. The monoisotopic (exact) mass is 519 g/mol. The third-order valence-electron chi connectivity index (χ3n) is 7.43. The molecule has 0 saturated carbocycles. The molecular weight excluding hydrogens is 490 g/mol. The summed E-state index contributed by atoms with van der Waals surface area (Å²) in [5.41, 5.74) is 4.57. The summed E-state index contributed by atoms with van der Waals surface area (Å²) >= 11 is 0. The number of pyridine rings is 1. The van der Waals surface area contributed by atoms with Gasteiger partial charge in [-0.25, -0.2) is 0 Å². The maximum absolute atomic E-state index is 13.7. The number of aromatic amines is 1. The molecule has 2 N–H and O–H groups in total. The van der Waals surface area contributed by atoms with E-state index in [1.54, 1.807) is 18.6 Å². The summed E-state index contributed by atoms with van der Waals surface area (Å²) in [6.45, 7) is 1.47. The summed E-state index contributed by atoms with van der Waals surface area (Å²) in [6, 6.07) is 23.7. The first-order valence-corrected chi connectivity index (χ1v) is 13.1. The van der Waals surface area contributed by atoms with Gasteiger partial charge in [0.1, 0.15) is 12.2 Å². The predicted octanol–water partition coefficient (Wildman–Crippen LogP) is 4.00. The first kappa shape index (κ1) is 24.8. The van der Waals surface area contributed by atoms with Gasteiger partial charge in [-0.3, -0.25) is 24.1 Å². The van der Waals surface area contributed by atoms with Crippen LogP contribution >= 0.6 is 0 Å². The number of H-pyrrole nitrogens is 1. The van der Waals surface area contributed by atoms with Gasteiger partial charge in [0, 0.05) is 34.4 Å². The Hall–Kier alpha value is -4.56. The zero-order chi connectivity index (χ0) is 26.7. The Labute approximate surface area is 225 Å². The second-order valence-electron chi connectivity index (χ2n) is 10.0. The van der Waals surface area contributed by atoms with Gasteiger partial charge in [-0.2, -0.15) is 0 Å². The van der Waals surface area contributed by atoms with E-state index >= 15 is 0 Å². The molecule has 1 fully saturated rings. The van der Waals surface area contributed by atoms with Crippen molar-refractivity contribution >= 4 is 16.8 Å². The van der Waals surface area contributed by atoms with Crippen molar-refractivity contribution in [2.45, 2.75) is 31.3 Å². The zero-order valence-corrected chi connectivity index (χ0v) is 21.5. The normalized spacial score (nSPS) is 14.2. The number of benzene rings is 2. The lowest BCUT2D eigenvalue weighted by atomic mass is 9.75. The fourth-order valence-corrected chi connectivity index (χ4v) is 5.17. The molecule has 3 aromatic heterocycles. The van der Waals surface area contributed by atoms with Gasteiger partial charge in [0.25, 0.3) is 5.56 Å². The number of aryl methyl sites for hydroxylation is 1. The Morgan fingerprint density at radius 3 is 2.51 bits per heavy atom. The molecule has 0 atom stereocenters. The number of carbonyl (C=O) groups excluding carboxylic acids is 1. The van der Waals surface area contributed by atoms with Crippen molar-refractivity contribution < 1.29 is 9.53 Å². The third kappa shape index (κ3) is 5.11. The summed E-state index contributed by atoms with van der Waals surface area (Å²) in [5, 5.41) is 3.92. The molecule has 2 aromatic carbocycles. The van der Waals surface area contributed by atoms with Gasteiger partial charge in [0.15, 0.2) is 0 Å². The van der Waals surface area contributed by atoms with E-state index in [-0.39, 0.29) is 23.4 Å². The molecule has 0 aliphatic carbocycles. The van der Waals surface area contributed by atoms with Crippen molar-refractivity contribution in [3.63, 3.8) is 0 Å². The highest BCUT2D eigenvalue weighted by molar-refractivity contribution is 5.80. The van der Waals surface area contributed by atoms with Crippen molar-refractivity contribution in [3.8, 4) is 11.3 Å². The van der Waals surface area contributed by atoms with Crippen LogP contribution in [0.15, 0.2) is 96.2 Å². The maximum atomic E-state index is 13.7. The van der Waals surface area contributed by atoms with Crippen LogP contribution in [0, 0.1) is 0 Å². The summed E-state index contributed by atoms with van der Waals surface area (Å²) in [7, 11) is 0. The number of hydrogen-bond donors (Lipinski definition) is 2. The Kier molecular flexibility index (Phi) is 6.77. The Balaban J connectivity index is 1.23. The fraction of sp³-hybridized carbons (Fsp3) is 0.226. The molecule has 1 amide bonds. The topological polar surface area (TPSA) is 102 Å². The van der Waals surface area contributed by atoms with Gasteiger partial charge in [-0.1, -0.05) is 60.7 Å². The maximum Gasteiger partial charge on any atom is 0.273 e. The van der Waals surface area contributed by atoms with E-state index in [9.17, 15) is 9.59 Å². The van der Waals surface area contributed by atoms with E-state index in [2.05, 4.69) is 32.4 Å². The van der Waals surface area contributed by atoms with Gasteiger partial charge in [0.05, 0.1) is 31.6 Å². The third-order valence-corrected chi connectivity index (χ3v) is 7.43. The van der Waals surface area contributed by atoms with Gasteiger partial charge in [0.2, 0.25) is 5.91 Å². The van der Waals surface area contributed by atoms with Gasteiger partial charge in [-0.15, -0.1) is 0 Å². The van der Waals surface area contributed by atoms with Gasteiger partial charge >= 0.3 is 0 Å². The van der Waals surface area contributed by atoms with Crippen LogP contribution in [0.5, 0.6) is 0 Å². The number of hydrogen-bond acceptors (Lipinski definition) is 5. The van der Waals surface area contributed by atoms with Crippen LogP contribution in [0.2, 0.25) is 0 Å². The molecular formula is C31H29N5O3. The number of aromatic nitrogens is 4. The fourth-order valence-electron chi connectivity index (χ4n) is 5.17. The quantitative estimate of drug-likeness (QED) is 0.307. The second-order valence-corrected chi connectivity index (χ2v) is 10.0. The van der Waals surface area contributed by atoms with Crippen molar-refractivity contribution in [2.24, 2.45) is 0 Å². The Morgan fingerprint density at radius 1 is 1.03 bits per heavy atom. The first-order chi connectivity index (χ1) is 19.1. The summed E-state index contributed by atoms with van der Waals surface area (Å²) < 4.78 is 7.12. The zero-order valence-electron chi connectivity index (χ0n) is 21.5. The highest BCUT2D eigenvalue weighted by atomic mass is 16.5.